The lowest BCUT2D eigenvalue weighted by atomic mass is 9.94. The molecule has 6 aromatic rings. The Hall–Kier alpha value is -5.72. The van der Waals surface area contributed by atoms with Gasteiger partial charge in [0.1, 0.15) is 0 Å². The molecule has 0 N–H and O–H groups in total. The third-order valence-electron chi connectivity index (χ3n) is 6.37. The maximum absolute atomic E-state index is 9.18. The second-order valence-electron chi connectivity index (χ2n) is 8.65. The first-order valence-electron chi connectivity index (χ1n) is 11.9. The first-order valence-corrected chi connectivity index (χ1v) is 11.9. The van der Waals surface area contributed by atoms with Crippen molar-refractivity contribution in [1.82, 2.24) is 19.9 Å². The molecule has 6 nitrogen and oxygen atoms in total. The van der Waals surface area contributed by atoms with E-state index in [9.17, 15) is 10.5 Å². The summed E-state index contributed by atoms with van der Waals surface area (Å²) in [5.41, 5.74) is 8.00. The van der Waals surface area contributed by atoms with Crippen molar-refractivity contribution in [1.29, 1.82) is 10.5 Å². The van der Waals surface area contributed by atoms with E-state index in [1.807, 2.05) is 48.8 Å². The maximum Gasteiger partial charge on any atom is 0.0992 e. The minimum absolute atomic E-state index is 0.553. The van der Waals surface area contributed by atoms with Gasteiger partial charge in [0.2, 0.25) is 0 Å². The van der Waals surface area contributed by atoms with Gasteiger partial charge in [-0.15, -0.1) is 0 Å². The topological polar surface area (TPSA) is 99.1 Å². The molecular formula is C32H18N6. The van der Waals surface area contributed by atoms with Crippen molar-refractivity contribution < 1.29 is 0 Å². The van der Waals surface area contributed by atoms with E-state index in [-0.39, 0.29) is 0 Å². The molecule has 0 amide bonds. The highest BCUT2D eigenvalue weighted by Gasteiger charge is 2.11. The van der Waals surface area contributed by atoms with E-state index in [0.29, 0.717) is 33.9 Å². The van der Waals surface area contributed by atoms with Gasteiger partial charge in [-0.2, -0.15) is 10.5 Å². The average molecular weight is 487 g/mol. The Morgan fingerprint density at radius 2 is 0.947 bits per heavy atom. The van der Waals surface area contributed by atoms with Gasteiger partial charge in [-0.1, -0.05) is 48.5 Å². The summed E-state index contributed by atoms with van der Waals surface area (Å²) in [5, 5.41) is 20.6. The molecule has 0 fully saturated rings. The van der Waals surface area contributed by atoms with Crippen molar-refractivity contribution in [3.05, 3.63) is 121 Å². The molecule has 0 aliphatic heterocycles. The lowest BCUT2D eigenvalue weighted by Gasteiger charge is -2.12. The molecule has 38 heavy (non-hydrogen) atoms. The molecule has 0 saturated carbocycles. The first-order chi connectivity index (χ1) is 18.7. The molecule has 4 aromatic heterocycles. The fourth-order valence-corrected chi connectivity index (χ4v) is 4.50. The van der Waals surface area contributed by atoms with Gasteiger partial charge in [0.15, 0.2) is 0 Å². The maximum atomic E-state index is 9.18. The zero-order valence-electron chi connectivity index (χ0n) is 20.1. The van der Waals surface area contributed by atoms with Crippen LogP contribution in [0.4, 0.5) is 0 Å². The van der Waals surface area contributed by atoms with Gasteiger partial charge >= 0.3 is 0 Å². The van der Waals surface area contributed by atoms with Crippen LogP contribution in [0.1, 0.15) is 11.1 Å². The van der Waals surface area contributed by atoms with E-state index in [1.54, 1.807) is 36.7 Å². The molecule has 0 bridgehead atoms. The standard InChI is InChI=1S/C32H18N6/c33-17-21-11-13-35-31(15-21)29-9-7-23(19-37-29)25-3-1-5-27-26(4-2-6-28(25)27)24-8-10-30(38-20-24)32-16-22(18-34)12-14-36-32/h1-16,19-20H. The summed E-state index contributed by atoms with van der Waals surface area (Å²) in [6, 6.07) is 31.5. The van der Waals surface area contributed by atoms with Crippen LogP contribution in [0.5, 0.6) is 0 Å². The van der Waals surface area contributed by atoms with Gasteiger partial charge in [-0.25, -0.2) is 0 Å². The number of nitrogens with zero attached hydrogens (tertiary/aromatic N) is 6. The summed E-state index contributed by atoms with van der Waals surface area (Å²) in [5.74, 6) is 0. The minimum atomic E-state index is 0.553. The zero-order chi connectivity index (χ0) is 25.9. The number of fused-ring (bicyclic) bond motifs is 1. The Morgan fingerprint density at radius 3 is 1.34 bits per heavy atom. The molecular weight excluding hydrogens is 468 g/mol. The van der Waals surface area contributed by atoms with Gasteiger partial charge in [-0.05, 0) is 58.3 Å². The molecule has 0 radical (unpaired) electrons. The predicted molar refractivity (Wildman–Crippen MR) is 146 cm³/mol. The Bertz CT molecular complexity index is 1740. The molecule has 2 aromatic carbocycles. The van der Waals surface area contributed by atoms with Crippen LogP contribution >= 0.6 is 0 Å². The number of aromatic nitrogens is 4. The Labute approximate surface area is 219 Å². The van der Waals surface area contributed by atoms with Crippen molar-refractivity contribution in [2.75, 3.05) is 0 Å². The van der Waals surface area contributed by atoms with Crippen LogP contribution in [0.2, 0.25) is 0 Å². The number of nitriles is 2. The Kier molecular flexibility index (Phi) is 5.82. The zero-order valence-corrected chi connectivity index (χ0v) is 20.1. The van der Waals surface area contributed by atoms with Gasteiger partial charge in [0.05, 0.1) is 46.0 Å². The van der Waals surface area contributed by atoms with E-state index < -0.39 is 0 Å². The largest absolute Gasteiger partial charge is 0.255 e. The van der Waals surface area contributed by atoms with Crippen LogP contribution in [-0.2, 0) is 0 Å². The first kappa shape index (κ1) is 22.7. The lowest BCUT2D eigenvalue weighted by Crippen LogP contribution is -1.91. The quantitative estimate of drug-likeness (QED) is 0.271. The number of pyridine rings is 4. The molecule has 0 atom stereocenters. The van der Waals surface area contributed by atoms with Crippen molar-refractivity contribution in [2.45, 2.75) is 0 Å². The second-order valence-corrected chi connectivity index (χ2v) is 8.65. The summed E-state index contributed by atoms with van der Waals surface area (Å²) in [4.78, 5) is 18.0. The van der Waals surface area contributed by atoms with Crippen LogP contribution in [-0.4, -0.2) is 19.9 Å². The van der Waals surface area contributed by atoms with E-state index in [2.05, 4.69) is 56.3 Å². The molecule has 6 rings (SSSR count). The highest BCUT2D eigenvalue weighted by atomic mass is 14.8. The summed E-state index contributed by atoms with van der Waals surface area (Å²) in [6.45, 7) is 0. The van der Waals surface area contributed by atoms with Gasteiger partial charge in [0.25, 0.3) is 0 Å². The molecule has 0 spiro atoms. The lowest BCUT2D eigenvalue weighted by molar-refractivity contribution is 1.24. The summed E-state index contributed by atoms with van der Waals surface area (Å²) in [7, 11) is 0. The monoisotopic (exact) mass is 486 g/mol. The Morgan fingerprint density at radius 1 is 0.474 bits per heavy atom. The normalized spacial score (nSPS) is 10.6. The molecule has 176 valence electrons. The highest BCUT2D eigenvalue weighted by molar-refractivity contribution is 6.04. The van der Waals surface area contributed by atoms with Crippen molar-refractivity contribution >= 4 is 10.8 Å². The molecule has 4 heterocycles. The van der Waals surface area contributed by atoms with Crippen LogP contribution < -0.4 is 0 Å². The van der Waals surface area contributed by atoms with E-state index in [0.717, 1.165) is 33.0 Å². The van der Waals surface area contributed by atoms with E-state index in [4.69, 9.17) is 0 Å². The predicted octanol–water partition coefficient (Wildman–Crippen LogP) is 6.83. The molecule has 0 aliphatic carbocycles. The summed E-state index contributed by atoms with van der Waals surface area (Å²) >= 11 is 0. The van der Waals surface area contributed by atoms with Crippen molar-refractivity contribution in [2.24, 2.45) is 0 Å². The third kappa shape index (κ3) is 4.24. The fourth-order valence-electron chi connectivity index (χ4n) is 4.50. The van der Waals surface area contributed by atoms with E-state index >= 15 is 0 Å². The molecule has 0 unspecified atom stereocenters. The van der Waals surface area contributed by atoms with Crippen molar-refractivity contribution in [3.8, 4) is 57.2 Å². The SMILES string of the molecule is N#Cc1ccnc(-c2ccc(-c3cccc4c(-c5ccc(-c6cc(C#N)ccn6)nc5)cccc34)cn2)c1. The summed E-state index contributed by atoms with van der Waals surface area (Å²) in [6.07, 6.45) is 6.93. The number of hydrogen-bond donors (Lipinski definition) is 0. The second kappa shape index (κ2) is 9.73. The highest BCUT2D eigenvalue weighted by Crippen LogP contribution is 2.35. The average Bonchev–Trinajstić information content (AvgIpc) is 3.00. The minimum Gasteiger partial charge on any atom is -0.255 e. The van der Waals surface area contributed by atoms with Crippen LogP contribution in [0.3, 0.4) is 0 Å². The number of rotatable bonds is 4. The van der Waals surface area contributed by atoms with Gasteiger partial charge < -0.3 is 0 Å². The molecule has 6 heteroatoms. The summed E-state index contributed by atoms with van der Waals surface area (Å²) < 4.78 is 0. The molecule has 0 aliphatic rings. The Balaban J connectivity index is 1.36. The smallest absolute Gasteiger partial charge is 0.0992 e. The van der Waals surface area contributed by atoms with Crippen LogP contribution in [0.15, 0.2) is 110 Å². The van der Waals surface area contributed by atoms with E-state index in [1.165, 1.54) is 0 Å². The van der Waals surface area contributed by atoms with Gasteiger partial charge in [0, 0.05) is 35.9 Å². The van der Waals surface area contributed by atoms with Crippen molar-refractivity contribution in [3.63, 3.8) is 0 Å². The van der Waals surface area contributed by atoms with Crippen LogP contribution in [0.25, 0.3) is 55.8 Å². The fraction of sp³-hybridized carbons (Fsp3) is 0. The van der Waals surface area contributed by atoms with Crippen LogP contribution in [0, 0.1) is 22.7 Å². The van der Waals surface area contributed by atoms with Gasteiger partial charge in [-0.3, -0.25) is 19.9 Å². The third-order valence-corrected chi connectivity index (χ3v) is 6.37. The number of hydrogen-bond acceptors (Lipinski definition) is 6. The molecule has 0 saturated heterocycles. The number of benzene rings is 2.